The van der Waals surface area contributed by atoms with Gasteiger partial charge in [-0.15, -0.1) is 0 Å². The van der Waals surface area contributed by atoms with E-state index in [4.69, 9.17) is 15.2 Å². The summed E-state index contributed by atoms with van der Waals surface area (Å²) in [5.41, 5.74) is 5.89. The Balaban J connectivity index is 2.52. The number of alkyl halides is 3. The molecule has 90 valence electrons. The average Bonchev–Trinajstić information content (AvgIpc) is 2.16. The number of hydrogen-bond donors (Lipinski definition) is 1. The molecule has 0 aliphatic heterocycles. The number of nitrogens with two attached hydrogens (primary N) is 1. The van der Waals surface area contributed by atoms with Crippen LogP contribution in [0.4, 0.5) is 18.9 Å². The van der Waals surface area contributed by atoms with Crippen molar-refractivity contribution in [3.8, 4) is 11.5 Å². The molecule has 0 aliphatic carbocycles. The Morgan fingerprint density at radius 3 is 2.50 bits per heavy atom. The first kappa shape index (κ1) is 12.5. The SMILES string of the molecule is COc1ccc(OCCC(F)(F)F)cc1N. The van der Waals surface area contributed by atoms with E-state index >= 15 is 0 Å². The molecule has 2 N–H and O–H groups in total. The van der Waals surface area contributed by atoms with Crippen molar-refractivity contribution in [1.29, 1.82) is 0 Å². The monoisotopic (exact) mass is 235 g/mol. The van der Waals surface area contributed by atoms with Gasteiger partial charge in [-0.1, -0.05) is 0 Å². The Bertz CT molecular complexity index is 352. The lowest BCUT2D eigenvalue weighted by molar-refractivity contribution is -0.139. The molecule has 0 bridgehead atoms. The molecule has 0 unspecified atom stereocenters. The molecule has 6 heteroatoms. The largest absolute Gasteiger partial charge is 0.495 e. The number of nitrogen functional groups attached to an aromatic ring is 1. The van der Waals surface area contributed by atoms with Crippen LogP contribution in [-0.4, -0.2) is 19.9 Å². The molecule has 0 aliphatic rings. The predicted octanol–water partition coefficient (Wildman–Crippen LogP) is 2.61. The van der Waals surface area contributed by atoms with Crippen molar-refractivity contribution in [2.24, 2.45) is 0 Å². The number of ether oxygens (including phenoxy) is 2. The van der Waals surface area contributed by atoms with Gasteiger partial charge in [0.2, 0.25) is 0 Å². The van der Waals surface area contributed by atoms with Gasteiger partial charge < -0.3 is 15.2 Å². The number of rotatable bonds is 4. The molecule has 1 rings (SSSR count). The first-order chi connectivity index (χ1) is 7.42. The van der Waals surface area contributed by atoms with E-state index in [9.17, 15) is 13.2 Å². The Morgan fingerprint density at radius 1 is 1.31 bits per heavy atom. The normalized spacial score (nSPS) is 11.2. The molecule has 0 radical (unpaired) electrons. The maximum atomic E-state index is 11.8. The molecular formula is C10H12F3NO2. The first-order valence-electron chi connectivity index (χ1n) is 4.55. The Kier molecular flexibility index (Phi) is 3.87. The zero-order valence-electron chi connectivity index (χ0n) is 8.67. The first-order valence-corrected chi connectivity index (χ1v) is 4.55. The minimum Gasteiger partial charge on any atom is -0.495 e. The van der Waals surface area contributed by atoms with Crippen LogP contribution in [0, 0.1) is 0 Å². The second-order valence-electron chi connectivity index (χ2n) is 3.12. The highest BCUT2D eigenvalue weighted by molar-refractivity contribution is 5.56. The minimum atomic E-state index is -4.21. The molecule has 3 nitrogen and oxygen atoms in total. The van der Waals surface area contributed by atoms with E-state index < -0.39 is 19.2 Å². The van der Waals surface area contributed by atoms with E-state index in [0.717, 1.165) is 0 Å². The molecule has 1 aromatic carbocycles. The number of anilines is 1. The fourth-order valence-electron chi connectivity index (χ4n) is 1.09. The second kappa shape index (κ2) is 4.96. The highest BCUT2D eigenvalue weighted by Crippen LogP contribution is 2.26. The Morgan fingerprint density at radius 2 is 2.00 bits per heavy atom. The third-order valence-corrected chi connectivity index (χ3v) is 1.86. The molecule has 16 heavy (non-hydrogen) atoms. The van der Waals surface area contributed by atoms with Crippen LogP contribution in [-0.2, 0) is 0 Å². The molecule has 0 aromatic heterocycles. The molecule has 0 saturated carbocycles. The fourth-order valence-corrected chi connectivity index (χ4v) is 1.09. The van der Waals surface area contributed by atoms with Crippen LogP contribution in [0.15, 0.2) is 18.2 Å². The van der Waals surface area contributed by atoms with E-state index in [1.165, 1.54) is 25.3 Å². The molecule has 0 spiro atoms. The highest BCUT2D eigenvalue weighted by Gasteiger charge is 2.26. The lowest BCUT2D eigenvalue weighted by atomic mass is 10.3. The summed E-state index contributed by atoms with van der Waals surface area (Å²) in [7, 11) is 1.45. The van der Waals surface area contributed by atoms with Crippen molar-refractivity contribution in [1.82, 2.24) is 0 Å². The van der Waals surface area contributed by atoms with Crippen LogP contribution in [0.5, 0.6) is 11.5 Å². The molecule has 0 amide bonds. The zero-order valence-corrected chi connectivity index (χ0v) is 8.67. The summed E-state index contributed by atoms with van der Waals surface area (Å²) in [6.07, 6.45) is -5.20. The van der Waals surface area contributed by atoms with Gasteiger partial charge in [-0.05, 0) is 12.1 Å². The third-order valence-electron chi connectivity index (χ3n) is 1.86. The van der Waals surface area contributed by atoms with Crippen molar-refractivity contribution in [3.05, 3.63) is 18.2 Å². The van der Waals surface area contributed by atoms with Crippen molar-refractivity contribution < 1.29 is 22.6 Å². The molecule has 0 fully saturated rings. The van der Waals surface area contributed by atoms with Crippen LogP contribution >= 0.6 is 0 Å². The lowest BCUT2D eigenvalue weighted by Gasteiger charge is -2.10. The quantitative estimate of drug-likeness (QED) is 0.816. The van der Waals surface area contributed by atoms with E-state index in [1.807, 2.05) is 0 Å². The van der Waals surface area contributed by atoms with Crippen molar-refractivity contribution in [2.45, 2.75) is 12.6 Å². The van der Waals surface area contributed by atoms with Gasteiger partial charge in [0.15, 0.2) is 0 Å². The molecule has 0 saturated heterocycles. The number of benzene rings is 1. The summed E-state index contributed by atoms with van der Waals surface area (Å²) in [5, 5.41) is 0. The van der Waals surface area contributed by atoms with Gasteiger partial charge in [0.25, 0.3) is 0 Å². The van der Waals surface area contributed by atoms with Gasteiger partial charge in [-0.3, -0.25) is 0 Å². The van der Waals surface area contributed by atoms with Gasteiger partial charge >= 0.3 is 6.18 Å². The van der Waals surface area contributed by atoms with E-state index in [2.05, 4.69) is 0 Å². The second-order valence-corrected chi connectivity index (χ2v) is 3.12. The molecule has 0 heterocycles. The smallest absolute Gasteiger partial charge is 0.392 e. The van der Waals surface area contributed by atoms with Crippen molar-refractivity contribution in [2.75, 3.05) is 19.5 Å². The van der Waals surface area contributed by atoms with Crippen LogP contribution in [0.1, 0.15) is 6.42 Å². The standard InChI is InChI=1S/C10H12F3NO2/c1-15-9-3-2-7(6-8(9)14)16-5-4-10(11,12)13/h2-3,6H,4-5,14H2,1H3. The number of halogens is 3. The number of methoxy groups -OCH3 is 1. The average molecular weight is 235 g/mol. The van der Waals surface area contributed by atoms with Crippen LogP contribution < -0.4 is 15.2 Å². The Labute approximate surface area is 91.0 Å². The summed E-state index contributed by atoms with van der Waals surface area (Å²) in [6.45, 7) is -0.421. The molecule has 0 atom stereocenters. The van der Waals surface area contributed by atoms with Gasteiger partial charge in [0.05, 0.1) is 25.8 Å². The van der Waals surface area contributed by atoms with E-state index in [1.54, 1.807) is 0 Å². The molecule has 1 aromatic rings. The van der Waals surface area contributed by atoms with Crippen molar-refractivity contribution in [3.63, 3.8) is 0 Å². The Hall–Kier alpha value is -1.59. The van der Waals surface area contributed by atoms with Crippen LogP contribution in [0.2, 0.25) is 0 Å². The maximum absolute atomic E-state index is 11.8. The highest BCUT2D eigenvalue weighted by atomic mass is 19.4. The summed E-state index contributed by atoms with van der Waals surface area (Å²) >= 11 is 0. The van der Waals surface area contributed by atoms with Crippen molar-refractivity contribution >= 4 is 5.69 Å². The predicted molar refractivity (Wildman–Crippen MR) is 53.6 cm³/mol. The minimum absolute atomic E-state index is 0.294. The summed E-state index contributed by atoms with van der Waals surface area (Å²) in [6, 6.07) is 4.47. The lowest BCUT2D eigenvalue weighted by Crippen LogP contribution is -2.13. The fraction of sp³-hybridized carbons (Fsp3) is 0.400. The van der Waals surface area contributed by atoms with Gasteiger partial charge in [0, 0.05) is 6.07 Å². The summed E-state index contributed by atoms with van der Waals surface area (Å²) < 4.78 is 45.3. The van der Waals surface area contributed by atoms with Gasteiger partial charge in [0.1, 0.15) is 11.5 Å². The van der Waals surface area contributed by atoms with Crippen LogP contribution in [0.3, 0.4) is 0 Å². The van der Waals surface area contributed by atoms with E-state index in [-0.39, 0.29) is 0 Å². The number of hydrogen-bond acceptors (Lipinski definition) is 3. The topological polar surface area (TPSA) is 44.5 Å². The van der Waals surface area contributed by atoms with Gasteiger partial charge in [-0.2, -0.15) is 13.2 Å². The summed E-state index contributed by atoms with van der Waals surface area (Å²) in [4.78, 5) is 0. The molecular weight excluding hydrogens is 223 g/mol. The van der Waals surface area contributed by atoms with E-state index in [0.29, 0.717) is 17.2 Å². The third kappa shape index (κ3) is 3.88. The van der Waals surface area contributed by atoms with Crippen LogP contribution in [0.25, 0.3) is 0 Å². The maximum Gasteiger partial charge on any atom is 0.392 e. The van der Waals surface area contributed by atoms with Gasteiger partial charge in [-0.25, -0.2) is 0 Å². The zero-order chi connectivity index (χ0) is 12.2. The summed E-state index contributed by atoms with van der Waals surface area (Å²) in [5.74, 6) is 0.755.